The molecule has 2 aromatic carbocycles. The maximum atomic E-state index is 12.4. The first-order chi connectivity index (χ1) is 12.2. The molecule has 2 aromatic rings. The molecular weight excluding hydrogens is 345 g/mol. The monoisotopic (exact) mass is 362 g/mol. The number of nitrogens with one attached hydrogen (secondary N) is 1. The van der Waals surface area contributed by atoms with Crippen LogP contribution in [-0.4, -0.2) is 32.0 Å². The third kappa shape index (κ3) is 4.95. The smallest absolute Gasteiger partial charge is 0.378 e. The summed E-state index contributed by atoms with van der Waals surface area (Å²) >= 11 is 0. The Balaban J connectivity index is 2.18. The van der Waals surface area contributed by atoms with E-state index in [1.165, 1.54) is 30.3 Å². The van der Waals surface area contributed by atoms with E-state index < -0.39 is 17.9 Å². The van der Waals surface area contributed by atoms with E-state index in [1.54, 1.807) is 11.4 Å². The number of ketones is 1. The van der Waals surface area contributed by atoms with Gasteiger partial charge in [-0.25, -0.2) is 0 Å². The van der Waals surface area contributed by atoms with Crippen LogP contribution in [0.5, 0.6) is 0 Å². The fourth-order valence-electron chi connectivity index (χ4n) is 2.15. The summed E-state index contributed by atoms with van der Waals surface area (Å²) in [5.74, 6) is -2.64. The molecule has 0 unspecified atom stereocenters. The van der Waals surface area contributed by atoms with Crippen LogP contribution in [-0.2, 0) is 4.79 Å². The molecule has 4 nitrogen and oxygen atoms in total. The normalized spacial score (nSPS) is 11.4. The summed E-state index contributed by atoms with van der Waals surface area (Å²) < 4.78 is 37.2. The lowest BCUT2D eigenvalue weighted by Gasteiger charge is -2.12. The highest BCUT2D eigenvalue weighted by Gasteiger charge is 2.39. The Hall–Kier alpha value is -3.09. The Morgan fingerprint density at radius 2 is 1.62 bits per heavy atom. The lowest BCUT2D eigenvalue weighted by atomic mass is 10.1. The van der Waals surface area contributed by atoms with Crippen LogP contribution < -0.4 is 10.2 Å². The predicted molar refractivity (Wildman–Crippen MR) is 95.3 cm³/mol. The highest BCUT2D eigenvalue weighted by molar-refractivity contribution is 6.12. The van der Waals surface area contributed by atoms with Crippen molar-refractivity contribution in [2.24, 2.45) is 0 Å². The van der Waals surface area contributed by atoms with Gasteiger partial charge >= 0.3 is 12.1 Å². The van der Waals surface area contributed by atoms with Gasteiger partial charge in [-0.2, -0.15) is 13.2 Å². The fourth-order valence-corrected chi connectivity index (χ4v) is 2.15. The van der Waals surface area contributed by atoms with Crippen LogP contribution in [0.4, 0.5) is 24.5 Å². The third-order valence-electron chi connectivity index (χ3n) is 3.53. The number of halogens is 3. The molecule has 0 bridgehead atoms. The number of hydrogen-bond acceptors (Lipinski definition) is 3. The summed E-state index contributed by atoms with van der Waals surface area (Å²) in [6.07, 6.45) is -2.21. The van der Waals surface area contributed by atoms with Crippen molar-refractivity contribution in [3.63, 3.8) is 0 Å². The Morgan fingerprint density at radius 3 is 2.19 bits per heavy atom. The number of allylic oxidation sites excluding steroid dienone is 1. The zero-order valence-electron chi connectivity index (χ0n) is 14.2. The summed E-state index contributed by atoms with van der Waals surface area (Å²) in [5.41, 5.74) is 1.55. The Labute approximate surface area is 148 Å². The number of hydrogen-bond donors (Lipinski definition) is 1. The van der Waals surface area contributed by atoms with E-state index in [0.717, 1.165) is 11.3 Å². The molecule has 26 heavy (non-hydrogen) atoms. The summed E-state index contributed by atoms with van der Waals surface area (Å²) in [6.45, 7) is 0. The molecule has 0 spiro atoms. The first-order valence-electron chi connectivity index (χ1n) is 7.65. The summed E-state index contributed by atoms with van der Waals surface area (Å²) in [5, 5.41) is 1.73. The minimum Gasteiger partial charge on any atom is -0.378 e. The molecule has 0 aromatic heterocycles. The molecule has 0 atom stereocenters. The van der Waals surface area contributed by atoms with Gasteiger partial charge in [0.2, 0.25) is 0 Å². The van der Waals surface area contributed by atoms with Gasteiger partial charge in [0.05, 0.1) is 5.69 Å². The van der Waals surface area contributed by atoms with E-state index in [4.69, 9.17) is 0 Å². The number of anilines is 2. The number of carbonyl (C=O) groups excluding carboxylic acids is 2. The van der Waals surface area contributed by atoms with Crippen LogP contribution in [0.25, 0.3) is 6.08 Å². The molecule has 136 valence electrons. The standard InChI is InChI=1S/C19H17F3N2O2/c1-24(2)14-10-7-13(8-11-14)9-12-17(25)15-5-3-4-6-16(15)23-18(26)19(20,21)22/h3-12H,1-2H3,(H,23,26)/b12-9+. The first kappa shape index (κ1) is 19.2. The number of benzene rings is 2. The van der Waals surface area contributed by atoms with Crippen LogP contribution in [0.1, 0.15) is 15.9 Å². The van der Waals surface area contributed by atoms with Gasteiger partial charge in [0.15, 0.2) is 5.78 Å². The molecule has 1 amide bonds. The van der Waals surface area contributed by atoms with Crippen molar-refractivity contribution in [2.45, 2.75) is 6.18 Å². The molecule has 0 aliphatic rings. The largest absolute Gasteiger partial charge is 0.471 e. The van der Waals surface area contributed by atoms with Gasteiger partial charge in [-0.3, -0.25) is 9.59 Å². The Morgan fingerprint density at radius 1 is 1.00 bits per heavy atom. The summed E-state index contributed by atoms with van der Waals surface area (Å²) in [4.78, 5) is 25.4. The molecule has 0 saturated carbocycles. The molecule has 0 radical (unpaired) electrons. The minimum atomic E-state index is -5.03. The number of para-hydroxylation sites is 1. The zero-order valence-corrected chi connectivity index (χ0v) is 14.2. The Kier molecular flexibility index (Phi) is 5.82. The van der Waals surface area contributed by atoms with Crippen LogP contribution >= 0.6 is 0 Å². The number of alkyl halides is 3. The maximum absolute atomic E-state index is 12.4. The second kappa shape index (κ2) is 7.86. The molecule has 0 aliphatic carbocycles. The molecular formula is C19H17F3N2O2. The quantitative estimate of drug-likeness (QED) is 0.642. The van der Waals surface area contributed by atoms with Gasteiger partial charge in [0, 0.05) is 25.3 Å². The van der Waals surface area contributed by atoms with Crippen LogP contribution in [0.15, 0.2) is 54.6 Å². The van der Waals surface area contributed by atoms with E-state index in [2.05, 4.69) is 0 Å². The van der Waals surface area contributed by atoms with Gasteiger partial charge in [0.1, 0.15) is 0 Å². The molecule has 0 saturated heterocycles. The lowest BCUT2D eigenvalue weighted by Crippen LogP contribution is -2.30. The first-order valence-corrected chi connectivity index (χ1v) is 7.65. The van der Waals surface area contributed by atoms with Gasteiger partial charge in [0.25, 0.3) is 0 Å². The van der Waals surface area contributed by atoms with E-state index >= 15 is 0 Å². The molecule has 0 heterocycles. The average Bonchev–Trinajstić information content (AvgIpc) is 2.59. The fraction of sp³-hybridized carbons (Fsp3) is 0.158. The van der Waals surface area contributed by atoms with Gasteiger partial charge in [-0.05, 0) is 35.9 Å². The third-order valence-corrected chi connectivity index (χ3v) is 3.53. The summed E-state index contributed by atoms with van der Waals surface area (Å²) in [6, 6.07) is 12.9. The van der Waals surface area contributed by atoms with Crippen molar-refractivity contribution in [3.8, 4) is 0 Å². The average molecular weight is 362 g/mol. The second-order valence-electron chi connectivity index (χ2n) is 5.68. The van der Waals surface area contributed by atoms with Gasteiger partial charge < -0.3 is 10.2 Å². The lowest BCUT2D eigenvalue weighted by molar-refractivity contribution is -0.167. The Bertz CT molecular complexity index is 825. The molecule has 0 aliphatic heterocycles. The minimum absolute atomic E-state index is 0.0220. The van der Waals surface area contributed by atoms with Gasteiger partial charge in [-0.15, -0.1) is 0 Å². The summed E-state index contributed by atoms with van der Waals surface area (Å²) in [7, 11) is 3.81. The highest BCUT2D eigenvalue weighted by atomic mass is 19.4. The van der Waals surface area contributed by atoms with Crippen molar-refractivity contribution in [1.82, 2.24) is 0 Å². The van der Waals surface area contributed by atoms with Gasteiger partial charge in [-0.1, -0.05) is 30.3 Å². The van der Waals surface area contributed by atoms with Crippen molar-refractivity contribution in [1.29, 1.82) is 0 Å². The number of amides is 1. The number of rotatable bonds is 5. The van der Waals surface area contributed by atoms with Crippen LogP contribution in [0.2, 0.25) is 0 Å². The van der Waals surface area contributed by atoms with Crippen LogP contribution in [0.3, 0.4) is 0 Å². The van der Waals surface area contributed by atoms with E-state index in [1.807, 2.05) is 43.3 Å². The molecule has 1 N–H and O–H groups in total. The number of nitrogens with zero attached hydrogens (tertiary/aromatic N) is 1. The van der Waals surface area contributed by atoms with Crippen molar-refractivity contribution >= 4 is 29.1 Å². The maximum Gasteiger partial charge on any atom is 0.471 e. The van der Waals surface area contributed by atoms with E-state index in [9.17, 15) is 22.8 Å². The van der Waals surface area contributed by atoms with Crippen molar-refractivity contribution < 1.29 is 22.8 Å². The SMILES string of the molecule is CN(C)c1ccc(/C=C/C(=O)c2ccccc2NC(=O)C(F)(F)F)cc1. The topological polar surface area (TPSA) is 49.4 Å². The van der Waals surface area contributed by atoms with Crippen LogP contribution in [0, 0.1) is 0 Å². The van der Waals surface area contributed by atoms with E-state index in [-0.39, 0.29) is 11.3 Å². The second-order valence-corrected chi connectivity index (χ2v) is 5.68. The van der Waals surface area contributed by atoms with E-state index in [0.29, 0.717) is 0 Å². The molecule has 2 rings (SSSR count). The van der Waals surface area contributed by atoms with Crippen molar-refractivity contribution in [3.05, 3.63) is 65.7 Å². The molecule has 7 heteroatoms. The molecule has 0 fully saturated rings. The highest BCUT2D eigenvalue weighted by Crippen LogP contribution is 2.22. The zero-order chi connectivity index (χ0) is 19.3. The number of carbonyl (C=O) groups is 2. The van der Waals surface area contributed by atoms with Crippen molar-refractivity contribution in [2.75, 3.05) is 24.3 Å². The predicted octanol–water partition coefficient (Wildman–Crippen LogP) is 4.15.